The van der Waals surface area contributed by atoms with E-state index in [4.69, 9.17) is 0 Å². The van der Waals surface area contributed by atoms with Crippen LogP contribution in [0, 0.1) is 13.8 Å². The molecule has 0 fully saturated rings. The Morgan fingerprint density at radius 2 is 1.75 bits per heavy atom. The molecule has 102 valence electrons. The van der Waals surface area contributed by atoms with E-state index in [-0.39, 0.29) is 0 Å². The summed E-state index contributed by atoms with van der Waals surface area (Å²) < 4.78 is 2.33. The Labute approximate surface area is 119 Å². The lowest BCUT2D eigenvalue weighted by Gasteiger charge is -2.14. The molecule has 0 spiro atoms. The molecule has 0 N–H and O–H groups in total. The topological polar surface area (TPSA) is 30.7 Å². The van der Waals surface area contributed by atoms with Crippen LogP contribution in [0.2, 0.25) is 0 Å². The summed E-state index contributed by atoms with van der Waals surface area (Å²) in [7, 11) is 0. The van der Waals surface area contributed by atoms with Crippen molar-refractivity contribution in [1.29, 1.82) is 0 Å². The predicted octanol–water partition coefficient (Wildman–Crippen LogP) is 4.30. The van der Waals surface area contributed by atoms with Crippen molar-refractivity contribution < 1.29 is 0 Å². The molecule has 2 aromatic heterocycles. The summed E-state index contributed by atoms with van der Waals surface area (Å²) in [5.74, 6) is 0. The Hall–Kier alpha value is -2.16. The molecule has 0 radical (unpaired) electrons. The van der Waals surface area contributed by atoms with Crippen molar-refractivity contribution in [3.63, 3.8) is 0 Å². The molecule has 1 aromatic carbocycles. The van der Waals surface area contributed by atoms with Crippen LogP contribution in [0.3, 0.4) is 0 Å². The molecule has 3 aromatic rings. The Morgan fingerprint density at radius 3 is 2.40 bits per heavy atom. The number of hydrogen-bond donors (Lipinski definition) is 0. The summed E-state index contributed by atoms with van der Waals surface area (Å²) in [6, 6.07) is 13.2. The monoisotopic (exact) mass is 265 g/mol. The van der Waals surface area contributed by atoms with Gasteiger partial charge in [-0.25, -0.2) is 0 Å². The first-order valence-electron chi connectivity index (χ1n) is 6.98. The van der Waals surface area contributed by atoms with E-state index in [1.54, 1.807) is 0 Å². The van der Waals surface area contributed by atoms with Gasteiger partial charge in [0.05, 0.1) is 11.4 Å². The van der Waals surface area contributed by atoms with Gasteiger partial charge < -0.3 is 4.57 Å². The van der Waals surface area contributed by atoms with Gasteiger partial charge in [-0.05, 0) is 58.0 Å². The second-order valence-corrected chi connectivity index (χ2v) is 5.62. The molecule has 0 aliphatic rings. The SMILES string of the molecule is Cc1ccc2c(c1)cc(-c1ccc(C)nn1)n2C(C)C. The maximum atomic E-state index is 4.34. The molecule has 3 nitrogen and oxygen atoms in total. The van der Waals surface area contributed by atoms with Crippen LogP contribution in [0.15, 0.2) is 36.4 Å². The predicted molar refractivity (Wildman–Crippen MR) is 82.8 cm³/mol. The van der Waals surface area contributed by atoms with Crippen molar-refractivity contribution in [3.8, 4) is 11.4 Å². The van der Waals surface area contributed by atoms with Gasteiger partial charge >= 0.3 is 0 Å². The van der Waals surface area contributed by atoms with Crippen LogP contribution in [0.25, 0.3) is 22.3 Å². The highest BCUT2D eigenvalue weighted by Crippen LogP contribution is 2.30. The molecule has 0 atom stereocenters. The zero-order valence-corrected chi connectivity index (χ0v) is 12.4. The molecule has 0 bridgehead atoms. The summed E-state index contributed by atoms with van der Waals surface area (Å²) in [5, 5.41) is 9.78. The quantitative estimate of drug-likeness (QED) is 0.691. The van der Waals surface area contributed by atoms with Gasteiger partial charge in [0.25, 0.3) is 0 Å². The molecule has 3 rings (SSSR count). The second-order valence-electron chi connectivity index (χ2n) is 5.62. The molecule has 0 aliphatic carbocycles. The minimum Gasteiger partial charge on any atom is -0.337 e. The number of hydrogen-bond acceptors (Lipinski definition) is 2. The van der Waals surface area contributed by atoms with Gasteiger partial charge in [-0.1, -0.05) is 11.6 Å². The first kappa shape index (κ1) is 12.9. The van der Waals surface area contributed by atoms with Crippen LogP contribution >= 0.6 is 0 Å². The maximum absolute atomic E-state index is 4.34. The standard InChI is InChI=1S/C17H19N3/c1-11(2)20-16-8-5-12(3)9-14(16)10-17(20)15-7-6-13(4)18-19-15/h5-11H,1-4H3. The molecule has 0 aliphatic heterocycles. The van der Waals surface area contributed by atoms with Gasteiger partial charge in [0.2, 0.25) is 0 Å². The fourth-order valence-corrected chi connectivity index (χ4v) is 2.64. The van der Waals surface area contributed by atoms with E-state index in [2.05, 4.69) is 59.8 Å². The van der Waals surface area contributed by atoms with E-state index in [0.717, 1.165) is 17.1 Å². The van der Waals surface area contributed by atoms with Gasteiger partial charge in [-0.15, -0.1) is 5.10 Å². The summed E-state index contributed by atoms with van der Waals surface area (Å²) in [5.41, 5.74) is 5.53. The molecular weight excluding hydrogens is 246 g/mol. The first-order chi connectivity index (χ1) is 9.56. The van der Waals surface area contributed by atoms with Crippen molar-refractivity contribution in [1.82, 2.24) is 14.8 Å². The van der Waals surface area contributed by atoms with E-state index in [9.17, 15) is 0 Å². The fraction of sp³-hybridized carbons (Fsp3) is 0.294. The highest BCUT2D eigenvalue weighted by molar-refractivity contribution is 5.87. The molecule has 20 heavy (non-hydrogen) atoms. The summed E-state index contributed by atoms with van der Waals surface area (Å²) >= 11 is 0. The van der Waals surface area contributed by atoms with Gasteiger partial charge in [-0.3, -0.25) is 0 Å². The lowest BCUT2D eigenvalue weighted by Crippen LogP contribution is -2.03. The summed E-state index contributed by atoms with van der Waals surface area (Å²) in [6.07, 6.45) is 0. The molecule has 0 amide bonds. The normalized spacial score (nSPS) is 11.4. The van der Waals surface area contributed by atoms with Crippen LogP contribution in [0.5, 0.6) is 0 Å². The van der Waals surface area contributed by atoms with Crippen LogP contribution in [-0.2, 0) is 0 Å². The van der Waals surface area contributed by atoms with Gasteiger partial charge in [-0.2, -0.15) is 5.10 Å². The van der Waals surface area contributed by atoms with Gasteiger partial charge in [0, 0.05) is 16.9 Å². The third kappa shape index (κ3) is 2.09. The number of nitrogens with zero attached hydrogens (tertiary/aromatic N) is 3. The van der Waals surface area contributed by atoms with E-state index in [1.807, 2.05) is 19.1 Å². The average Bonchev–Trinajstić information content (AvgIpc) is 2.77. The van der Waals surface area contributed by atoms with E-state index in [1.165, 1.54) is 16.5 Å². The van der Waals surface area contributed by atoms with Gasteiger partial charge in [0.15, 0.2) is 0 Å². The van der Waals surface area contributed by atoms with Crippen LogP contribution in [-0.4, -0.2) is 14.8 Å². The van der Waals surface area contributed by atoms with Crippen LogP contribution in [0.4, 0.5) is 0 Å². The Balaban J connectivity index is 2.28. The number of aryl methyl sites for hydroxylation is 2. The minimum atomic E-state index is 0.383. The van der Waals surface area contributed by atoms with E-state index in [0.29, 0.717) is 6.04 Å². The maximum Gasteiger partial charge on any atom is 0.109 e. The zero-order valence-electron chi connectivity index (χ0n) is 12.4. The molecule has 3 heteroatoms. The largest absolute Gasteiger partial charge is 0.337 e. The Bertz CT molecular complexity index is 752. The fourth-order valence-electron chi connectivity index (χ4n) is 2.64. The van der Waals surface area contributed by atoms with Crippen LogP contribution in [0.1, 0.15) is 31.1 Å². The molecule has 0 saturated heterocycles. The minimum absolute atomic E-state index is 0.383. The smallest absolute Gasteiger partial charge is 0.109 e. The summed E-state index contributed by atoms with van der Waals surface area (Å²) in [6.45, 7) is 8.48. The Kier molecular flexibility index (Phi) is 3.05. The number of fused-ring (bicyclic) bond motifs is 1. The van der Waals surface area contributed by atoms with E-state index >= 15 is 0 Å². The number of rotatable bonds is 2. The third-order valence-electron chi connectivity index (χ3n) is 3.57. The molecule has 2 heterocycles. The lowest BCUT2D eigenvalue weighted by atomic mass is 10.2. The van der Waals surface area contributed by atoms with Crippen molar-refractivity contribution in [2.24, 2.45) is 0 Å². The highest BCUT2D eigenvalue weighted by Gasteiger charge is 2.14. The average molecular weight is 265 g/mol. The number of aromatic nitrogens is 3. The first-order valence-corrected chi connectivity index (χ1v) is 6.98. The van der Waals surface area contributed by atoms with Crippen molar-refractivity contribution in [3.05, 3.63) is 47.7 Å². The molecule has 0 saturated carbocycles. The van der Waals surface area contributed by atoms with Gasteiger partial charge in [0.1, 0.15) is 5.69 Å². The van der Waals surface area contributed by atoms with Crippen molar-refractivity contribution in [2.75, 3.05) is 0 Å². The van der Waals surface area contributed by atoms with Crippen molar-refractivity contribution in [2.45, 2.75) is 33.7 Å². The molecule has 0 unspecified atom stereocenters. The summed E-state index contributed by atoms with van der Waals surface area (Å²) in [4.78, 5) is 0. The molecular formula is C17H19N3. The Morgan fingerprint density at radius 1 is 0.950 bits per heavy atom. The van der Waals surface area contributed by atoms with E-state index < -0.39 is 0 Å². The third-order valence-corrected chi connectivity index (χ3v) is 3.57. The number of benzene rings is 1. The second kappa shape index (κ2) is 4.75. The zero-order chi connectivity index (χ0) is 14.3. The lowest BCUT2D eigenvalue weighted by molar-refractivity contribution is 0.627. The van der Waals surface area contributed by atoms with Crippen molar-refractivity contribution >= 4 is 10.9 Å². The highest BCUT2D eigenvalue weighted by atomic mass is 15.1. The van der Waals surface area contributed by atoms with Crippen LogP contribution < -0.4 is 0 Å².